The summed E-state index contributed by atoms with van der Waals surface area (Å²) in [4.78, 5) is 2.64. The van der Waals surface area contributed by atoms with Crippen molar-refractivity contribution in [1.82, 2.24) is 4.90 Å². The van der Waals surface area contributed by atoms with Crippen molar-refractivity contribution in [1.29, 1.82) is 0 Å². The van der Waals surface area contributed by atoms with E-state index >= 15 is 0 Å². The number of piperidine rings is 1. The first-order valence-electron chi connectivity index (χ1n) is 9.98. The first kappa shape index (κ1) is 18.0. The van der Waals surface area contributed by atoms with Gasteiger partial charge < -0.3 is 5.11 Å². The van der Waals surface area contributed by atoms with Crippen LogP contribution in [0.15, 0.2) is 54.6 Å². The minimum absolute atomic E-state index is 0.496. The molecule has 3 heteroatoms. The highest BCUT2D eigenvalue weighted by Gasteiger charge is 2.48. The molecule has 2 aliphatic rings. The molecule has 2 nitrogen and oxygen atoms in total. The van der Waals surface area contributed by atoms with Crippen LogP contribution in [0.1, 0.15) is 36.8 Å². The van der Waals surface area contributed by atoms with Gasteiger partial charge in [0.25, 0.3) is 0 Å². The lowest BCUT2D eigenvalue weighted by atomic mass is 9.80. The molecule has 0 amide bonds. The van der Waals surface area contributed by atoms with Crippen molar-refractivity contribution in [3.8, 4) is 0 Å². The maximum absolute atomic E-state index is 11.5. The van der Waals surface area contributed by atoms with E-state index < -0.39 is 13.7 Å². The van der Waals surface area contributed by atoms with Gasteiger partial charge in [-0.15, -0.1) is 0 Å². The van der Waals surface area contributed by atoms with Gasteiger partial charge in [-0.05, 0) is 36.8 Å². The Hall–Kier alpha value is -1.42. The zero-order valence-electron chi connectivity index (χ0n) is 16.3. The second-order valence-electron chi connectivity index (χ2n) is 9.31. The van der Waals surface area contributed by atoms with E-state index in [9.17, 15) is 5.11 Å². The Kier molecular flexibility index (Phi) is 4.58. The summed E-state index contributed by atoms with van der Waals surface area (Å²) in [5.74, 6) is 0. The Labute approximate surface area is 158 Å². The molecular weight excluding hydrogens is 334 g/mol. The monoisotopic (exact) mass is 365 g/mol. The van der Waals surface area contributed by atoms with E-state index in [0.29, 0.717) is 12.1 Å². The molecule has 0 saturated carbocycles. The van der Waals surface area contributed by atoms with Gasteiger partial charge in [0.1, 0.15) is 0 Å². The van der Waals surface area contributed by atoms with Crippen LogP contribution in [0, 0.1) is 0 Å². The summed E-state index contributed by atoms with van der Waals surface area (Å²) in [5, 5.41) is 13.0. The van der Waals surface area contributed by atoms with Crippen molar-refractivity contribution < 1.29 is 5.11 Å². The van der Waals surface area contributed by atoms with Crippen LogP contribution in [0.25, 0.3) is 0 Å². The van der Waals surface area contributed by atoms with E-state index in [4.69, 9.17) is 0 Å². The van der Waals surface area contributed by atoms with Gasteiger partial charge in [0.2, 0.25) is 0 Å². The molecule has 2 bridgehead atoms. The lowest BCUT2D eigenvalue weighted by molar-refractivity contribution is -0.0595. The third kappa shape index (κ3) is 3.40. The second-order valence-corrected chi connectivity index (χ2v) is 14.4. The van der Waals surface area contributed by atoms with E-state index in [1.807, 2.05) is 0 Å². The van der Waals surface area contributed by atoms with Crippen molar-refractivity contribution in [2.24, 2.45) is 0 Å². The van der Waals surface area contributed by atoms with Crippen LogP contribution in [-0.4, -0.2) is 30.2 Å². The summed E-state index contributed by atoms with van der Waals surface area (Å²) >= 11 is 0. The van der Waals surface area contributed by atoms with Crippen LogP contribution >= 0.6 is 0 Å². The van der Waals surface area contributed by atoms with Crippen molar-refractivity contribution in [2.75, 3.05) is 0 Å². The van der Waals surface area contributed by atoms with Gasteiger partial charge in [-0.1, -0.05) is 79.4 Å². The Morgan fingerprint density at radius 2 is 1.50 bits per heavy atom. The molecule has 138 valence electrons. The number of nitrogens with zero attached hydrogens (tertiary/aromatic N) is 1. The van der Waals surface area contributed by atoms with E-state index in [-0.39, 0.29) is 0 Å². The summed E-state index contributed by atoms with van der Waals surface area (Å²) in [6, 6.07) is 20.7. The fourth-order valence-electron chi connectivity index (χ4n) is 4.88. The molecule has 2 aliphatic heterocycles. The SMILES string of the molecule is C[Si](C)(C)c1ccc(C2(O)CC3CCC(C2)N3Cc2ccccc2)cc1. The van der Waals surface area contributed by atoms with Crippen molar-refractivity contribution in [2.45, 2.75) is 69.6 Å². The van der Waals surface area contributed by atoms with Gasteiger partial charge in [-0.25, -0.2) is 0 Å². The molecule has 2 atom stereocenters. The Balaban J connectivity index is 1.52. The molecular formula is C23H31NOSi. The van der Waals surface area contributed by atoms with Crippen LogP contribution in [0.5, 0.6) is 0 Å². The number of aliphatic hydroxyl groups is 1. The van der Waals surface area contributed by atoms with Crippen LogP contribution in [0.3, 0.4) is 0 Å². The topological polar surface area (TPSA) is 23.5 Å². The average molecular weight is 366 g/mol. The largest absolute Gasteiger partial charge is 0.385 e. The maximum atomic E-state index is 11.5. The van der Waals surface area contributed by atoms with Gasteiger partial charge in [-0.3, -0.25) is 4.90 Å². The molecule has 2 heterocycles. The van der Waals surface area contributed by atoms with E-state index in [1.165, 1.54) is 23.6 Å². The minimum atomic E-state index is -1.29. The Morgan fingerprint density at radius 1 is 0.923 bits per heavy atom. The number of hydrogen-bond acceptors (Lipinski definition) is 2. The minimum Gasteiger partial charge on any atom is -0.385 e. The van der Waals surface area contributed by atoms with Crippen LogP contribution in [0.2, 0.25) is 19.6 Å². The molecule has 2 unspecified atom stereocenters. The van der Waals surface area contributed by atoms with Crippen molar-refractivity contribution in [3.63, 3.8) is 0 Å². The highest BCUT2D eigenvalue weighted by molar-refractivity contribution is 6.88. The lowest BCUT2D eigenvalue weighted by Gasteiger charge is -2.44. The molecule has 2 fully saturated rings. The molecule has 0 radical (unpaired) electrons. The van der Waals surface area contributed by atoms with Crippen LogP contribution in [0.4, 0.5) is 0 Å². The van der Waals surface area contributed by atoms with Crippen molar-refractivity contribution >= 4 is 13.3 Å². The molecule has 2 aromatic carbocycles. The molecule has 0 spiro atoms. The van der Waals surface area contributed by atoms with Crippen LogP contribution < -0.4 is 5.19 Å². The number of rotatable bonds is 4. The third-order valence-corrected chi connectivity index (χ3v) is 8.48. The van der Waals surface area contributed by atoms with E-state index in [2.05, 4.69) is 79.1 Å². The summed E-state index contributed by atoms with van der Waals surface area (Å²) in [6.07, 6.45) is 4.16. The van der Waals surface area contributed by atoms with Gasteiger partial charge in [0.15, 0.2) is 0 Å². The zero-order chi connectivity index (χ0) is 18.4. The molecule has 2 aromatic rings. The third-order valence-electron chi connectivity index (χ3n) is 6.41. The quantitative estimate of drug-likeness (QED) is 0.819. The summed E-state index contributed by atoms with van der Waals surface area (Å²) in [7, 11) is -1.29. The molecule has 2 saturated heterocycles. The molecule has 1 N–H and O–H groups in total. The molecule has 0 aromatic heterocycles. The molecule has 0 aliphatic carbocycles. The first-order valence-corrected chi connectivity index (χ1v) is 13.5. The zero-order valence-corrected chi connectivity index (χ0v) is 17.3. The van der Waals surface area contributed by atoms with E-state index in [1.54, 1.807) is 0 Å². The van der Waals surface area contributed by atoms with Crippen LogP contribution in [-0.2, 0) is 12.1 Å². The second kappa shape index (κ2) is 6.63. The first-order chi connectivity index (χ1) is 12.4. The summed E-state index contributed by atoms with van der Waals surface area (Å²) in [5.41, 5.74) is 1.85. The number of fused-ring (bicyclic) bond motifs is 2. The maximum Gasteiger partial charge on any atom is 0.0926 e. The standard InChI is InChI=1S/C23H31NOSi/c1-26(2,3)22-13-9-19(10-14-22)23(25)15-20-11-12-21(16-23)24(20)17-18-7-5-4-6-8-18/h4-10,13-14,20-21,25H,11-12,15-17H2,1-3H3. The smallest absolute Gasteiger partial charge is 0.0926 e. The van der Waals surface area contributed by atoms with Gasteiger partial charge >= 0.3 is 0 Å². The Morgan fingerprint density at radius 3 is 2.04 bits per heavy atom. The highest BCUT2D eigenvalue weighted by Crippen LogP contribution is 2.46. The fraction of sp³-hybridized carbons (Fsp3) is 0.478. The van der Waals surface area contributed by atoms with Gasteiger partial charge in [-0.2, -0.15) is 0 Å². The predicted octanol–water partition coefficient (Wildman–Crippen LogP) is 4.25. The molecule has 26 heavy (non-hydrogen) atoms. The normalized spacial score (nSPS) is 29.1. The highest BCUT2D eigenvalue weighted by atomic mass is 28.3. The fourth-order valence-corrected chi connectivity index (χ4v) is 6.05. The average Bonchev–Trinajstić information content (AvgIpc) is 2.86. The predicted molar refractivity (Wildman–Crippen MR) is 111 cm³/mol. The number of benzene rings is 2. The van der Waals surface area contributed by atoms with Gasteiger partial charge in [0.05, 0.1) is 13.7 Å². The Bertz CT molecular complexity index is 736. The lowest BCUT2D eigenvalue weighted by Crippen LogP contribution is -2.49. The van der Waals surface area contributed by atoms with Gasteiger partial charge in [0, 0.05) is 18.6 Å². The summed E-state index contributed by atoms with van der Waals surface area (Å²) in [6.45, 7) is 8.14. The van der Waals surface area contributed by atoms with Crippen molar-refractivity contribution in [3.05, 3.63) is 65.7 Å². The number of hydrogen-bond donors (Lipinski definition) is 1. The summed E-state index contributed by atoms with van der Waals surface area (Å²) < 4.78 is 0. The van der Waals surface area contributed by atoms with E-state index in [0.717, 1.165) is 24.9 Å². The molecule has 4 rings (SSSR count).